The Morgan fingerprint density at radius 1 is 1.47 bits per heavy atom. The first-order valence-electron chi connectivity index (χ1n) is 5.49. The molecule has 0 aliphatic heterocycles. The van der Waals surface area contributed by atoms with Gasteiger partial charge >= 0.3 is 0 Å². The van der Waals surface area contributed by atoms with Crippen LogP contribution >= 0.6 is 11.3 Å². The van der Waals surface area contributed by atoms with Crippen LogP contribution in [0.3, 0.4) is 0 Å². The normalized spacial score (nSPS) is 12.1. The highest BCUT2D eigenvalue weighted by atomic mass is 32.1. The average molecular weight is 246 g/mol. The van der Waals surface area contributed by atoms with Crippen molar-refractivity contribution in [1.82, 2.24) is 10.3 Å². The summed E-state index contributed by atoms with van der Waals surface area (Å²) in [6.07, 6.45) is 4.10. The van der Waals surface area contributed by atoms with Gasteiger partial charge in [-0.3, -0.25) is 9.78 Å². The highest BCUT2D eigenvalue weighted by Gasteiger charge is 2.10. The first-order chi connectivity index (χ1) is 8.25. The Morgan fingerprint density at radius 3 is 3.00 bits per heavy atom. The van der Waals surface area contributed by atoms with E-state index in [1.54, 1.807) is 35.9 Å². The van der Waals surface area contributed by atoms with Gasteiger partial charge in [0.25, 0.3) is 5.91 Å². The van der Waals surface area contributed by atoms with E-state index >= 15 is 0 Å². The predicted molar refractivity (Wildman–Crippen MR) is 69.2 cm³/mol. The van der Waals surface area contributed by atoms with Gasteiger partial charge in [0.05, 0.1) is 5.56 Å². The minimum absolute atomic E-state index is 0.0674. The van der Waals surface area contributed by atoms with Crippen LogP contribution in [0.15, 0.2) is 42.0 Å². The summed E-state index contributed by atoms with van der Waals surface area (Å²) in [6, 6.07) is 7.76. The number of hydrogen-bond donors (Lipinski definition) is 1. The molecule has 0 fully saturated rings. The zero-order valence-electron chi connectivity index (χ0n) is 9.59. The summed E-state index contributed by atoms with van der Waals surface area (Å²) in [7, 11) is 0. The third-order valence-corrected chi connectivity index (χ3v) is 3.29. The Hall–Kier alpha value is -1.68. The fourth-order valence-electron chi connectivity index (χ4n) is 1.59. The molecule has 2 rings (SSSR count). The Labute approximate surface area is 105 Å². The number of aromatic nitrogens is 1. The number of carbonyl (C=O) groups is 1. The highest BCUT2D eigenvalue weighted by Crippen LogP contribution is 2.11. The molecule has 0 aliphatic carbocycles. The number of pyridine rings is 1. The number of amides is 1. The van der Waals surface area contributed by atoms with Gasteiger partial charge in [-0.15, -0.1) is 11.3 Å². The quantitative estimate of drug-likeness (QED) is 0.900. The molecule has 4 heteroatoms. The van der Waals surface area contributed by atoms with Crippen LogP contribution in [0, 0.1) is 0 Å². The molecule has 0 spiro atoms. The monoisotopic (exact) mass is 246 g/mol. The van der Waals surface area contributed by atoms with Gasteiger partial charge in [0.2, 0.25) is 0 Å². The van der Waals surface area contributed by atoms with Crippen molar-refractivity contribution < 1.29 is 4.79 Å². The number of thiophene rings is 1. The third-order valence-electron chi connectivity index (χ3n) is 2.39. The van der Waals surface area contributed by atoms with E-state index in [1.807, 2.05) is 18.4 Å². The summed E-state index contributed by atoms with van der Waals surface area (Å²) in [5.74, 6) is -0.0674. The third kappa shape index (κ3) is 3.39. The van der Waals surface area contributed by atoms with Crippen LogP contribution in [-0.4, -0.2) is 16.9 Å². The van der Waals surface area contributed by atoms with Gasteiger partial charge in [0.15, 0.2) is 0 Å². The zero-order valence-corrected chi connectivity index (χ0v) is 10.4. The van der Waals surface area contributed by atoms with Gasteiger partial charge in [-0.05, 0) is 30.5 Å². The van der Waals surface area contributed by atoms with E-state index < -0.39 is 0 Å². The van der Waals surface area contributed by atoms with Crippen molar-refractivity contribution in [2.45, 2.75) is 19.4 Å². The number of hydrogen-bond acceptors (Lipinski definition) is 3. The molecule has 88 valence electrons. The summed E-state index contributed by atoms with van der Waals surface area (Å²) in [5.41, 5.74) is 0.602. The maximum atomic E-state index is 11.8. The van der Waals surface area contributed by atoms with Crippen molar-refractivity contribution in [2.24, 2.45) is 0 Å². The van der Waals surface area contributed by atoms with Crippen molar-refractivity contribution in [1.29, 1.82) is 0 Å². The Morgan fingerprint density at radius 2 is 2.35 bits per heavy atom. The summed E-state index contributed by atoms with van der Waals surface area (Å²) < 4.78 is 0. The van der Waals surface area contributed by atoms with Crippen LogP contribution < -0.4 is 5.32 Å². The average Bonchev–Trinajstić information content (AvgIpc) is 2.82. The number of nitrogens with one attached hydrogen (secondary N) is 1. The number of carbonyl (C=O) groups excluding carboxylic acids is 1. The van der Waals surface area contributed by atoms with Crippen molar-refractivity contribution >= 4 is 17.2 Å². The van der Waals surface area contributed by atoms with E-state index in [4.69, 9.17) is 0 Å². The molecule has 2 aromatic rings. The van der Waals surface area contributed by atoms with Crippen LogP contribution in [-0.2, 0) is 6.42 Å². The minimum atomic E-state index is -0.0674. The van der Waals surface area contributed by atoms with E-state index in [0.29, 0.717) is 5.56 Å². The Balaban J connectivity index is 1.91. The molecule has 1 amide bonds. The molecule has 0 saturated heterocycles. The first kappa shape index (κ1) is 11.8. The molecule has 2 heterocycles. The van der Waals surface area contributed by atoms with Gasteiger partial charge in [-0.2, -0.15) is 0 Å². The topological polar surface area (TPSA) is 42.0 Å². The first-order valence-corrected chi connectivity index (χ1v) is 6.37. The van der Waals surface area contributed by atoms with Gasteiger partial charge in [0.1, 0.15) is 0 Å². The minimum Gasteiger partial charge on any atom is -0.349 e. The molecule has 0 aromatic carbocycles. The summed E-state index contributed by atoms with van der Waals surface area (Å²) in [5, 5.41) is 5.01. The Bertz CT molecular complexity index is 467. The predicted octanol–water partition coefficient (Wildman–Crippen LogP) is 2.50. The van der Waals surface area contributed by atoms with E-state index in [2.05, 4.69) is 16.4 Å². The van der Waals surface area contributed by atoms with Crippen molar-refractivity contribution in [3.8, 4) is 0 Å². The van der Waals surface area contributed by atoms with Crippen LogP contribution in [0.1, 0.15) is 22.2 Å². The van der Waals surface area contributed by atoms with E-state index in [0.717, 1.165) is 6.42 Å². The summed E-state index contributed by atoms with van der Waals surface area (Å²) >= 11 is 1.71. The van der Waals surface area contributed by atoms with Gasteiger partial charge < -0.3 is 5.32 Å². The lowest BCUT2D eigenvalue weighted by Crippen LogP contribution is -2.33. The molecule has 17 heavy (non-hydrogen) atoms. The van der Waals surface area contributed by atoms with Crippen molar-refractivity contribution in [2.75, 3.05) is 0 Å². The fraction of sp³-hybridized carbons (Fsp3) is 0.231. The lowest BCUT2D eigenvalue weighted by Gasteiger charge is -2.12. The maximum Gasteiger partial charge on any atom is 0.253 e. The van der Waals surface area contributed by atoms with E-state index in [1.165, 1.54) is 4.88 Å². The molecule has 0 radical (unpaired) electrons. The molecule has 1 unspecified atom stereocenters. The smallest absolute Gasteiger partial charge is 0.253 e. The molecule has 1 N–H and O–H groups in total. The highest BCUT2D eigenvalue weighted by molar-refractivity contribution is 7.09. The lowest BCUT2D eigenvalue weighted by molar-refractivity contribution is 0.0940. The summed E-state index contributed by atoms with van der Waals surface area (Å²) in [6.45, 7) is 2.01. The van der Waals surface area contributed by atoms with Gasteiger partial charge in [0, 0.05) is 29.7 Å². The largest absolute Gasteiger partial charge is 0.349 e. The standard InChI is InChI=1S/C13H14N2OS/c1-10(8-12-5-3-7-17-12)15-13(16)11-4-2-6-14-9-11/h2-7,9-10H,8H2,1H3,(H,15,16). The van der Waals surface area contributed by atoms with Gasteiger partial charge in [-0.25, -0.2) is 0 Å². The second-order valence-corrected chi connectivity index (χ2v) is 4.93. The van der Waals surface area contributed by atoms with Crippen molar-refractivity contribution in [3.05, 3.63) is 52.5 Å². The summed E-state index contributed by atoms with van der Waals surface area (Å²) in [4.78, 5) is 17.0. The molecule has 0 aliphatic rings. The Kier molecular flexibility index (Phi) is 3.88. The molecule has 3 nitrogen and oxygen atoms in total. The van der Waals surface area contributed by atoms with Crippen LogP contribution in [0.5, 0.6) is 0 Å². The van der Waals surface area contributed by atoms with Gasteiger partial charge in [-0.1, -0.05) is 6.07 Å². The lowest BCUT2D eigenvalue weighted by atomic mass is 10.2. The zero-order chi connectivity index (χ0) is 12.1. The molecule has 0 saturated carbocycles. The molecular formula is C13H14N2OS. The van der Waals surface area contributed by atoms with Crippen LogP contribution in [0.25, 0.3) is 0 Å². The second-order valence-electron chi connectivity index (χ2n) is 3.90. The molecular weight excluding hydrogens is 232 g/mol. The van der Waals surface area contributed by atoms with E-state index in [9.17, 15) is 4.79 Å². The maximum absolute atomic E-state index is 11.8. The molecule has 1 atom stereocenters. The van der Waals surface area contributed by atoms with Crippen LogP contribution in [0.4, 0.5) is 0 Å². The van der Waals surface area contributed by atoms with Crippen molar-refractivity contribution in [3.63, 3.8) is 0 Å². The number of nitrogens with zero attached hydrogens (tertiary/aromatic N) is 1. The molecule has 2 aromatic heterocycles. The second kappa shape index (κ2) is 5.59. The molecule has 0 bridgehead atoms. The van der Waals surface area contributed by atoms with E-state index in [-0.39, 0.29) is 11.9 Å². The number of rotatable bonds is 4. The fourth-order valence-corrected chi connectivity index (χ4v) is 2.42. The van der Waals surface area contributed by atoms with Crippen LogP contribution in [0.2, 0.25) is 0 Å². The SMILES string of the molecule is CC(Cc1cccs1)NC(=O)c1cccnc1.